The molecule has 2 aromatic rings. The smallest absolute Gasteiger partial charge is 0.252 e. The quantitative estimate of drug-likeness (QED) is 0.774. The number of aryl methyl sites for hydroxylation is 1. The molecule has 0 saturated carbocycles. The van der Waals surface area contributed by atoms with Crippen molar-refractivity contribution in [1.29, 1.82) is 0 Å². The molecule has 2 aromatic heterocycles. The van der Waals surface area contributed by atoms with Gasteiger partial charge in [-0.1, -0.05) is 13.8 Å². The number of carbonyl (C=O) groups is 1. The number of nitrogens with zero attached hydrogens (tertiary/aromatic N) is 2. The Morgan fingerprint density at radius 2 is 2.25 bits per heavy atom. The maximum atomic E-state index is 12.3. The van der Waals surface area contributed by atoms with Gasteiger partial charge in [-0.05, 0) is 25.0 Å². The summed E-state index contributed by atoms with van der Waals surface area (Å²) in [5.41, 5.74) is 7.05. The number of H-pyrrole nitrogens is 1. The van der Waals surface area contributed by atoms with Crippen LogP contribution in [0.5, 0.6) is 0 Å². The lowest BCUT2D eigenvalue weighted by atomic mass is 10.1. The van der Waals surface area contributed by atoms with Crippen LogP contribution in [-0.2, 0) is 6.42 Å². The molecular weight excluding hydrogens is 254 g/mol. The van der Waals surface area contributed by atoms with E-state index in [2.05, 4.69) is 20.3 Å². The largest absolute Gasteiger partial charge is 0.384 e. The van der Waals surface area contributed by atoms with E-state index in [-0.39, 0.29) is 11.9 Å². The molecule has 0 aliphatic rings. The first kappa shape index (κ1) is 14.0. The molecule has 0 saturated heterocycles. The van der Waals surface area contributed by atoms with Crippen LogP contribution in [0.15, 0.2) is 24.5 Å². The minimum absolute atomic E-state index is 0.142. The van der Waals surface area contributed by atoms with E-state index in [0.717, 1.165) is 24.4 Å². The van der Waals surface area contributed by atoms with Crippen molar-refractivity contribution in [2.75, 3.05) is 5.73 Å². The maximum Gasteiger partial charge on any atom is 0.252 e. The normalized spacial score (nSPS) is 12.1. The van der Waals surface area contributed by atoms with Crippen molar-refractivity contribution in [2.24, 2.45) is 0 Å². The second-order valence-electron chi connectivity index (χ2n) is 4.53. The SMILES string of the molecule is CCc1cc(C(=O)NC(CC)c2ncc[nH]2)cc(N)n1. The second-order valence-corrected chi connectivity index (χ2v) is 4.53. The summed E-state index contributed by atoms with van der Waals surface area (Å²) in [5.74, 6) is 0.941. The molecule has 106 valence electrons. The summed E-state index contributed by atoms with van der Waals surface area (Å²) in [6.45, 7) is 3.97. The van der Waals surface area contributed by atoms with Crippen LogP contribution >= 0.6 is 0 Å². The summed E-state index contributed by atoms with van der Waals surface area (Å²) in [6.07, 6.45) is 4.90. The number of amides is 1. The van der Waals surface area contributed by atoms with E-state index < -0.39 is 0 Å². The van der Waals surface area contributed by atoms with Gasteiger partial charge < -0.3 is 16.0 Å². The number of nitrogens with two attached hydrogens (primary N) is 1. The molecule has 0 aromatic carbocycles. The van der Waals surface area contributed by atoms with Gasteiger partial charge in [0.2, 0.25) is 0 Å². The molecule has 2 heterocycles. The van der Waals surface area contributed by atoms with Gasteiger partial charge in [-0.25, -0.2) is 9.97 Å². The van der Waals surface area contributed by atoms with E-state index in [4.69, 9.17) is 5.73 Å². The van der Waals surface area contributed by atoms with Crippen LogP contribution in [0.2, 0.25) is 0 Å². The van der Waals surface area contributed by atoms with Gasteiger partial charge in [0, 0.05) is 23.7 Å². The first-order chi connectivity index (χ1) is 9.63. The number of nitrogen functional groups attached to an aromatic ring is 1. The molecule has 0 radical (unpaired) electrons. The van der Waals surface area contributed by atoms with Gasteiger partial charge in [0.1, 0.15) is 11.6 Å². The number of pyridine rings is 1. The van der Waals surface area contributed by atoms with Crippen LogP contribution in [0.4, 0.5) is 5.82 Å². The molecule has 1 unspecified atom stereocenters. The lowest BCUT2D eigenvalue weighted by molar-refractivity contribution is 0.0933. The lowest BCUT2D eigenvalue weighted by Crippen LogP contribution is -2.29. The Morgan fingerprint density at radius 1 is 1.45 bits per heavy atom. The predicted molar refractivity (Wildman–Crippen MR) is 77.1 cm³/mol. The Hall–Kier alpha value is -2.37. The third-order valence-corrected chi connectivity index (χ3v) is 3.09. The lowest BCUT2D eigenvalue weighted by Gasteiger charge is -2.15. The molecule has 0 fully saturated rings. The van der Waals surface area contributed by atoms with Gasteiger partial charge >= 0.3 is 0 Å². The number of hydrogen-bond acceptors (Lipinski definition) is 4. The van der Waals surface area contributed by atoms with E-state index in [1.165, 1.54) is 0 Å². The van der Waals surface area contributed by atoms with Gasteiger partial charge in [-0.15, -0.1) is 0 Å². The zero-order valence-corrected chi connectivity index (χ0v) is 11.7. The molecule has 0 spiro atoms. The Labute approximate surface area is 117 Å². The fraction of sp³-hybridized carbons (Fsp3) is 0.357. The maximum absolute atomic E-state index is 12.3. The van der Waals surface area contributed by atoms with Gasteiger partial charge in [-0.2, -0.15) is 0 Å². The predicted octanol–water partition coefficient (Wildman–Crippen LogP) is 1.83. The monoisotopic (exact) mass is 273 g/mol. The molecule has 4 N–H and O–H groups in total. The first-order valence-corrected chi connectivity index (χ1v) is 6.70. The molecule has 0 aliphatic heterocycles. The summed E-state index contributed by atoms with van der Waals surface area (Å²) in [4.78, 5) is 23.7. The van der Waals surface area contributed by atoms with Crippen LogP contribution in [0.1, 0.15) is 48.2 Å². The standard InChI is InChI=1S/C14H19N5O/c1-3-10-7-9(8-12(15)18-10)14(20)19-11(4-2)13-16-5-6-17-13/h5-8,11H,3-4H2,1-2H3,(H2,15,18)(H,16,17)(H,19,20). The number of aromatic amines is 1. The van der Waals surface area contributed by atoms with E-state index in [9.17, 15) is 4.79 Å². The zero-order valence-electron chi connectivity index (χ0n) is 11.7. The van der Waals surface area contributed by atoms with Gasteiger partial charge in [0.25, 0.3) is 5.91 Å². The minimum atomic E-state index is -0.169. The second kappa shape index (κ2) is 6.18. The summed E-state index contributed by atoms with van der Waals surface area (Å²) >= 11 is 0. The Kier molecular flexibility index (Phi) is 4.34. The number of aromatic nitrogens is 3. The number of carbonyl (C=O) groups excluding carboxylic acids is 1. The number of nitrogens with one attached hydrogen (secondary N) is 2. The van der Waals surface area contributed by atoms with E-state index in [0.29, 0.717) is 11.4 Å². The Balaban J connectivity index is 2.17. The van der Waals surface area contributed by atoms with Crippen molar-refractivity contribution in [3.05, 3.63) is 41.6 Å². The van der Waals surface area contributed by atoms with Crippen molar-refractivity contribution >= 4 is 11.7 Å². The summed E-state index contributed by atoms with van der Waals surface area (Å²) in [7, 11) is 0. The molecule has 1 atom stereocenters. The van der Waals surface area contributed by atoms with Crippen molar-refractivity contribution < 1.29 is 4.79 Å². The van der Waals surface area contributed by atoms with Crippen molar-refractivity contribution in [3.63, 3.8) is 0 Å². The number of hydrogen-bond donors (Lipinski definition) is 3. The van der Waals surface area contributed by atoms with E-state index in [1.807, 2.05) is 13.8 Å². The third-order valence-electron chi connectivity index (χ3n) is 3.09. The molecule has 1 amide bonds. The van der Waals surface area contributed by atoms with Crippen LogP contribution in [0, 0.1) is 0 Å². The Morgan fingerprint density at radius 3 is 2.85 bits per heavy atom. The topological polar surface area (TPSA) is 96.7 Å². The van der Waals surface area contributed by atoms with Crippen LogP contribution in [0.25, 0.3) is 0 Å². The highest BCUT2D eigenvalue weighted by Crippen LogP contribution is 2.14. The molecule has 0 aliphatic carbocycles. The fourth-order valence-corrected chi connectivity index (χ4v) is 2.00. The van der Waals surface area contributed by atoms with Crippen molar-refractivity contribution in [1.82, 2.24) is 20.3 Å². The van der Waals surface area contributed by atoms with Crippen LogP contribution in [0.3, 0.4) is 0 Å². The number of anilines is 1. The minimum Gasteiger partial charge on any atom is -0.384 e. The number of rotatable bonds is 5. The zero-order chi connectivity index (χ0) is 14.5. The van der Waals surface area contributed by atoms with E-state index in [1.54, 1.807) is 24.5 Å². The average Bonchev–Trinajstić information content (AvgIpc) is 2.97. The van der Waals surface area contributed by atoms with Gasteiger partial charge in [0.05, 0.1) is 6.04 Å². The van der Waals surface area contributed by atoms with Gasteiger partial charge in [-0.3, -0.25) is 4.79 Å². The Bertz CT molecular complexity index is 579. The summed E-state index contributed by atoms with van der Waals surface area (Å²) in [6, 6.07) is 3.21. The average molecular weight is 273 g/mol. The highest BCUT2D eigenvalue weighted by molar-refractivity contribution is 5.95. The molecule has 0 bridgehead atoms. The molecular formula is C14H19N5O. The van der Waals surface area contributed by atoms with Gasteiger partial charge in [0.15, 0.2) is 0 Å². The molecule has 6 nitrogen and oxygen atoms in total. The first-order valence-electron chi connectivity index (χ1n) is 6.70. The highest BCUT2D eigenvalue weighted by atomic mass is 16.1. The van der Waals surface area contributed by atoms with Crippen LogP contribution in [-0.4, -0.2) is 20.9 Å². The highest BCUT2D eigenvalue weighted by Gasteiger charge is 2.16. The third kappa shape index (κ3) is 3.14. The summed E-state index contributed by atoms with van der Waals surface area (Å²) in [5, 5.41) is 2.95. The van der Waals surface area contributed by atoms with Crippen molar-refractivity contribution in [3.8, 4) is 0 Å². The van der Waals surface area contributed by atoms with Crippen LogP contribution < -0.4 is 11.1 Å². The molecule has 2 rings (SSSR count). The van der Waals surface area contributed by atoms with Crippen molar-refractivity contribution in [2.45, 2.75) is 32.7 Å². The summed E-state index contributed by atoms with van der Waals surface area (Å²) < 4.78 is 0. The fourth-order valence-electron chi connectivity index (χ4n) is 2.00. The van der Waals surface area contributed by atoms with E-state index >= 15 is 0 Å². The molecule has 6 heteroatoms. The number of imidazole rings is 1. The molecule has 20 heavy (non-hydrogen) atoms.